The smallest absolute Gasteiger partial charge is 0.160 e. The number of aromatic nitrogens is 3. The van der Waals surface area contributed by atoms with Crippen LogP contribution in [-0.4, -0.2) is 15.0 Å². The number of hydrogen-bond donors (Lipinski definition) is 0. The van der Waals surface area contributed by atoms with Crippen LogP contribution in [0.1, 0.15) is 6.85 Å². The summed E-state index contributed by atoms with van der Waals surface area (Å²) < 4.78 is 42.0. The van der Waals surface area contributed by atoms with Gasteiger partial charge in [0.2, 0.25) is 0 Å². The Labute approximate surface area is 263 Å². The summed E-state index contributed by atoms with van der Waals surface area (Å²) >= 11 is 0. The highest BCUT2D eigenvalue weighted by Gasteiger charge is 2.13. The molecule has 3 heteroatoms. The third kappa shape index (κ3) is 4.81. The van der Waals surface area contributed by atoms with Gasteiger partial charge in [-0.3, -0.25) is 4.98 Å². The summed E-state index contributed by atoms with van der Waals surface area (Å²) in [5, 5.41) is 4.73. The van der Waals surface area contributed by atoms with Gasteiger partial charge in [0.05, 0.1) is 18.2 Å². The highest BCUT2D eigenvalue weighted by Crippen LogP contribution is 2.36. The zero-order chi connectivity index (χ0) is 33.6. The Bertz CT molecular complexity index is 2520. The fraction of sp³-hybridized carbons (Fsp3) is 0. The van der Waals surface area contributed by atoms with Crippen molar-refractivity contribution in [1.82, 2.24) is 15.0 Å². The minimum Gasteiger partial charge on any atom is -0.264 e. The summed E-state index contributed by atoms with van der Waals surface area (Å²) in [6, 6.07) is 38.8. The van der Waals surface area contributed by atoms with E-state index < -0.39 is 18.1 Å². The van der Waals surface area contributed by atoms with Crippen LogP contribution in [0.2, 0.25) is 0 Å². The van der Waals surface area contributed by atoms with Crippen LogP contribution in [0.3, 0.4) is 0 Å². The van der Waals surface area contributed by atoms with E-state index in [0.29, 0.717) is 11.4 Å². The molecule has 44 heavy (non-hydrogen) atoms. The van der Waals surface area contributed by atoms with E-state index in [1.165, 1.54) is 10.8 Å². The van der Waals surface area contributed by atoms with Crippen molar-refractivity contribution in [3.63, 3.8) is 0 Å². The zero-order valence-corrected chi connectivity index (χ0v) is 23.5. The van der Waals surface area contributed by atoms with Gasteiger partial charge in [-0.25, -0.2) is 9.97 Å². The van der Waals surface area contributed by atoms with Gasteiger partial charge < -0.3 is 0 Å². The van der Waals surface area contributed by atoms with Crippen molar-refractivity contribution in [1.29, 1.82) is 0 Å². The molecule has 206 valence electrons. The molecule has 0 aliphatic rings. The predicted molar refractivity (Wildman–Crippen MR) is 182 cm³/mol. The van der Waals surface area contributed by atoms with Crippen molar-refractivity contribution in [2.45, 2.75) is 0 Å². The summed E-state index contributed by atoms with van der Waals surface area (Å²) in [7, 11) is 0. The third-order valence-corrected chi connectivity index (χ3v) is 7.86. The van der Waals surface area contributed by atoms with E-state index in [1.54, 1.807) is 12.4 Å². The van der Waals surface area contributed by atoms with Crippen molar-refractivity contribution in [2.24, 2.45) is 0 Å². The topological polar surface area (TPSA) is 38.7 Å². The predicted octanol–water partition coefficient (Wildman–Crippen LogP) is 10.5. The lowest BCUT2D eigenvalue weighted by molar-refractivity contribution is 1.18. The molecule has 0 unspecified atom stereocenters. The van der Waals surface area contributed by atoms with Crippen LogP contribution >= 0.6 is 0 Å². The Balaban J connectivity index is 1.29. The number of benzene rings is 6. The Morgan fingerprint density at radius 2 is 1.14 bits per heavy atom. The van der Waals surface area contributed by atoms with Crippen LogP contribution in [0.15, 0.2) is 164 Å². The molecular weight excluding hydrogens is 534 g/mol. The van der Waals surface area contributed by atoms with Gasteiger partial charge in [0, 0.05) is 34.6 Å². The molecule has 0 atom stereocenters. The molecule has 0 N–H and O–H groups in total. The van der Waals surface area contributed by atoms with E-state index in [4.69, 9.17) is 16.8 Å². The first-order chi connectivity index (χ1) is 23.9. The average Bonchev–Trinajstić information content (AvgIpc) is 3.16. The first-order valence-corrected chi connectivity index (χ1v) is 14.4. The van der Waals surface area contributed by atoms with Crippen LogP contribution in [0, 0.1) is 0 Å². The van der Waals surface area contributed by atoms with E-state index in [1.807, 2.05) is 54.6 Å². The molecule has 0 radical (unpaired) electrons. The van der Waals surface area contributed by atoms with Crippen LogP contribution < -0.4 is 0 Å². The van der Waals surface area contributed by atoms with Gasteiger partial charge in [0.1, 0.15) is 0 Å². The highest BCUT2D eigenvalue weighted by atomic mass is 14.9. The fourth-order valence-electron chi connectivity index (χ4n) is 5.72. The van der Waals surface area contributed by atoms with Gasteiger partial charge in [-0.05, 0) is 62.5 Å². The standard InChI is InChI=1S/C41H27N3/c1-2-10-30(11-3-1)41-43-39(26-40(44-41)33-14-8-13-31(24-33)34-15-9-23-42-27-34)29-21-19-28(20-22-29)38-25-32-12-4-5-16-35(32)36-17-6-7-18-37(36)38/h1-27H/i1D,2D,3D,10D,11D. The Kier molecular flexibility index (Phi) is 5.24. The van der Waals surface area contributed by atoms with Crippen molar-refractivity contribution >= 4 is 21.5 Å². The van der Waals surface area contributed by atoms with Gasteiger partial charge >= 0.3 is 0 Å². The number of rotatable bonds is 5. The largest absolute Gasteiger partial charge is 0.264 e. The van der Waals surface area contributed by atoms with Crippen molar-refractivity contribution in [3.05, 3.63) is 164 Å². The molecule has 8 rings (SSSR count). The van der Waals surface area contributed by atoms with Crippen molar-refractivity contribution < 1.29 is 6.85 Å². The van der Waals surface area contributed by atoms with Crippen LogP contribution in [-0.2, 0) is 0 Å². The first-order valence-electron chi connectivity index (χ1n) is 16.9. The minimum absolute atomic E-state index is 0.0447. The maximum atomic E-state index is 8.66. The van der Waals surface area contributed by atoms with E-state index in [-0.39, 0.29) is 23.5 Å². The molecular formula is C41H27N3. The summed E-state index contributed by atoms with van der Waals surface area (Å²) in [5.41, 5.74) is 6.73. The summed E-state index contributed by atoms with van der Waals surface area (Å²) in [6.45, 7) is 0. The second-order valence-corrected chi connectivity index (χ2v) is 10.6. The maximum Gasteiger partial charge on any atom is 0.160 e. The van der Waals surface area contributed by atoms with Crippen LogP contribution in [0.5, 0.6) is 0 Å². The molecule has 0 fully saturated rings. The van der Waals surface area contributed by atoms with Crippen LogP contribution in [0.4, 0.5) is 0 Å². The Morgan fingerprint density at radius 1 is 0.455 bits per heavy atom. The lowest BCUT2D eigenvalue weighted by Crippen LogP contribution is -1.96. The Morgan fingerprint density at radius 3 is 1.93 bits per heavy atom. The quantitative estimate of drug-likeness (QED) is 0.195. The molecule has 0 amide bonds. The Hall–Kier alpha value is -5.93. The number of nitrogens with zero attached hydrogens (tertiary/aromatic N) is 3. The molecule has 2 heterocycles. The molecule has 0 bridgehead atoms. The van der Waals surface area contributed by atoms with Crippen molar-refractivity contribution in [2.75, 3.05) is 0 Å². The molecule has 0 saturated carbocycles. The van der Waals surface area contributed by atoms with Crippen LogP contribution in [0.25, 0.3) is 77.7 Å². The van der Waals surface area contributed by atoms with Crippen molar-refractivity contribution in [3.8, 4) is 56.2 Å². The van der Waals surface area contributed by atoms with Gasteiger partial charge in [-0.15, -0.1) is 0 Å². The molecule has 0 saturated heterocycles. The minimum atomic E-state index is -0.462. The normalized spacial score (nSPS) is 12.8. The SMILES string of the molecule is [2H]c1c([2H])c([2H])c(-c2nc(-c3ccc(-c4cc5ccccc5c5ccccc45)cc3)cc(-c3cccc(-c4cccnc4)c3)n2)c([2H])c1[2H]. The lowest BCUT2D eigenvalue weighted by atomic mass is 9.92. The summed E-state index contributed by atoms with van der Waals surface area (Å²) in [6.07, 6.45) is 3.52. The molecule has 8 aromatic rings. The second kappa shape index (κ2) is 11.0. The molecule has 0 aliphatic carbocycles. The van der Waals surface area contributed by atoms with Gasteiger partial charge in [0.15, 0.2) is 5.82 Å². The lowest BCUT2D eigenvalue weighted by Gasteiger charge is -2.13. The zero-order valence-electron chi connectivity index (χ0n) is 28.5. The van der Waals surface area contributed by atoms with E-state index in [9.17, 15) is 0 Å². The molecule has 6 aromatic carbocycles. The summed E-state index contributed by atoms with van der Waals surface area (Å²) in [5.74, 6) is 0.0564. The number of hydrogen-bond acceptors (Lipinski definition) is 3. The van der Waals surface area contributed by atoms with E-state index in [0.717, 1.165) is 44.2 Å². The summed E-state index contributed by atoms with van der Waals surface area (Å²) in [4.78, 5) is 13.9. The van der Waals surface area contributed by atoms with Gasteiger partial charge in [0.25, 0.3) is 0 Å². The van der Waals surface area contributed by atoms with Gasteiger partial charge in [-0.2, -0.15) is 0 Å². The molecule has 2 aromatic heterocycles. The molecule has 3 nitrogen and oxygen atoms in total. The van der Waals surface area contributed by atoms with E-state index >= 15 is 0 Å². The highest BCUT2D eigenvalue weighted by molar-refractivity contribution is 6.13. The fourth-order valence-corrected chi connectivity index (χ4v) is 5.72. The average molecular weight is 567 g/mol. The third-order valence-electron chi connectivity index (χ3n) is 7.86. The second-order valence-electron chi connectivity index (χ2n) is 10.6. The maximum absolute atomic E-state index is 8.66. The monoisotopic (exact) mass is 566 g/mol. The van der Waals surface area contributed by atoms with E-state index in [2.05, 4.69) is 71.7 Å². The molecule has 0 aliphatic heterocycles. The number of fused-ring (bicyclic) bond motifs is 3. The van der Waals surface area contributed by atoms with Gasteiger partial charge in [-0.1, -0.05) is 127 Å². The molecule has 0 spiro atoms. The first kappa shape index (κ1) is 20.9. The number of pyridine rings is 1.